The molecule has 4 aliphatic rings. The second-order valence-electron chi connectivity index (χ2n) is 14.9. The number of piperidine rings is 2. The summed E-state index contributed by atoms with van der Waals surface area (Å²) < 4.78 is 236. The minimum absolute atomic E-state index is 0.0875. The molecule has 7 rings (SSSR count). The van der Waals surface area contributed by atoms with E-state index in [4.69, 9.17) is 3.68 Å². The van der Waals surface area contributed by atoms with Crippen LogP contribution in [-0.4, -0.2) is 96.9 Å². The number of hydrogen-bond donors (Lipinski definition) is 5. The van der Waals surface area contributed by atoms with Crippen molar-refractivity contribution >= 4 is 65.5 Å². The number of halogens is 15. The van der Waals surface area contributed by atoms with E-state index in [-0.39, 0.29) is 24.9 Å². The summed E-state index contributed by atoms with van der Waals surface area (Å²) in [7, 11) is -1.78. The van der Waals surface area contributed by atoms with Crippen molar-refractivity contribution in [3.8, 4) is 0 Å². The summed E-state index contributed by atoms with van der Waals surface area (Å²) >= 11 is -7.43. The molecule has 0 bridgehead atoms. The first kappa shape index (κ1) is 49.4. The Labute approximate surface area is 373 Å². The van der Waals surface area contributed by atoms with Crippen LogP contribution in [0.15, 0.2) is 38.6 Å². The molecule has 3 aromatic rings. The van der Waals surface area contributed by atoms with Crippen LogP contribution in [0.1, 0.15) is 25.7 Å². The normalized spacial score (nSPS) is 22.7. The minimum atomic E-state index is -7.96. The molecule has 7 nitrogen and oxygen atoms in total. The van der Waals surface area contributed by atoms with E-state index >= 15 is 26.3 Å². The van der Waals surface area contributed by atoms with Gasteiger partial charge in [-0.1, -0.05) is 0 Å². The zero-order chi connectivity index (χ0) is 45.9. The third-order valence-electron chi connectivity index (χ3n) is 11.0. The standard InChI is InChI=1S/C18H30N6.3C6HF5S.2Bi.H2N.2H/c1-7-19-8-2-13(1)16-22-17(14-3-9-20-10-4-14)24-18(23-16)15-5-11-21-12-6-15;3*7-1-2(8)4(10)6(12)5(11)3(1)9;;;;;/h1-2,7,14-18,20,22-24H,3-6,8-12H2;3*12H;;;1H2;;/q-2;;;;+1;+5;-1;;/p-3. The van der Waals surface area contributed by atoms with Gasteiger partial charge >= 0.3 is 377 Å². The first-order valence-corrected chi connectivity index (χ1v) is 39.4. The van der Waals surface area contributed by atoms with Crippen molar-refractivity contribution in [3.05, 3.63) is 111 Å². The van der Waals surface area contributed by atoms with Gasteiger partial charge in [0.25, 0.3) is 0 Å². The van der Waals surface area contributed by atoms with Gasteiger partial charge in [-0.25, -0.2) is 0 Å². The van der Waals surface area contributed by atoms with Crippen LogP contribution in [0.5, 0.6) is 0 Å². The molecule has 3 fully saturated rings. The van der Waals surface area contributed by atoms with Crippen molar-refractivity contribution in [3.63, 3.8) is 0 Å². The summed E-state index contributed by atoms with van der Waals surface area (Å²) in [5.74, 6) is -39.8. The Balaban J connectivity index is 1.36. The molecule has 4 aliphatic heterocycles. The Hall–Kier alpha value is -1.53. The van der Waals surface area contributed by atoms with E-state index in [1.165, 1.54) is 0 Å². The first-order chi connectivity index (χ1) is 29.6. The van der Waals surface area contributed by atoms with Crippen molar-refractivity contribution < 1.29 is 65.9 Å². The van der Waals surface area contributed by atoms with Crippen LogP contribution in [-0.2, 0) is 0 Å². The van der Waals surface area contributed by atoms with Gasteiger partial charge < -0.3 is 0 Å². The number of nitrogens with zero attached hydrogens (tertiary/aromatic N) is 2. The maximum atomic E-state index is 15.7. The third-order valence-corrected chi connectivity index (χ3v) is 56.7. The molecule has 3 unspecified atom stereocenters. The van der Waals surface area contributed by atoms with E-state index in [0.29, 0.717) is 31.6 Å². The zero-order valence-electron chi connectivity index (χ0n) is 31.9. The molecule has 3 atom stereocenters. The Bertz CT molecular complexity index is 2110. The second-order valence-corrected chi connectivity index (χ2v) is 60.3. The van der Waals surface area contributed by atoms with Gasteiger partial charge in [-0.2, -0.15) is 0 Å². The molecule has 3 saturated heterocycles. The van der Waals surface area contributed by atoms with Crippen LogP contribution in [0.2, 0.25) is 0 Å². The number of nitrogens with two attached hydrogens (primary N) is 1. The monoisotopic (exact) mass is 1360 g/mol. The Morgan fingerprint density at radius 3 is 1.22 bits per heavy atom. The van der Waals surface area contributed by atoms with Crippen LogP contribution >= 0.6 is 25.6 Å². The summed E-state index contributed by atoms with van der Waals surface area (Å²) in [6, 6.07) is 0. The van der Waals surface area contributed by atoms with Gasteiger partial charge in [0.1, 0.15) is 0 Å². The number of rotatable bonds is 10. The SMILES string of the molecule is [NH2][Bi]([S]c1c(F)c(F)c(F)c(F)c1F)([S]c1c(F)c(F)c(F)c(F)c1F)([S]c1c(F)c(F)c(F)c(F)c1F)[N]1CCC(C2NC(C3=CC[N]([BiH2])C=C3)NC(C3CCNCC3)N2)CC1. The molecule has 0 aromatic heterocycles. The number of benzene rings is 3. The molecular formula is C36H34Bi2F15N7S3. The first-order valence-electron chi connectivity index (χ1n) is 18.8. The van der Waals surface area contributed by atoms with E-state index in [2.05, 4.69) is 24.1 Å². The fraction of sp³-hybridized carbons (Fsp3) is 0.389. The fourth-order valence-electron chi connectivity index (χ4n) is 7.65. The molecule has 6 N–H and O–H groups in total. The van der Waals surface area contributed by atoms with Crippen LogP contribution in [0.3, 0.4) is 0 Å². The zero-order valence-corrected chi connectivity index (χ0v) is 42.3. The molecule has 0 amide bonds. The average Bonchev–Trinajstić information content (AvgIpc) is 3.30. The molecule has 346 valence electrons. The molecular weight excluding hydrogens is 1330 g/mol. The van der Waals surface area contributed by atoms with Crippen molar-refractivity contribution in [1.82, 2.24) is 27.0 Å². The van der Waals surface area contributed by atoms with Gasteiger partial charge in [-0.3, -0.25) is 0 Å². The molecule has 3 aromatic carbocycles. The van der Waals surface area contributed by atoms with Crippen LogP contribution < -0.4 is 24.9 Å². The van der Waals surface area contributed by atoms with Gasteiger partial charge in [-0.15, -0.1) is 0 Å². The van der Waals surface area contributed by atoms with Gasteiger partial charge in [0.15, 0.2) is 0 Å². The van der Waals surface area contributed by atoms with Crippen molar-refractivity contribution in [2.45, 2.75) is 58.9 Å². The molecule has 0 saturated carbocycles. The van der Waals surface area contributed by atoms with Gasteiger partial charge in [0, 0.05) is 0 Å². The van der Waals surface area contributed by atoms with Crippen LogP contribution in [0.25, 0.3) is 0 Å². The van der Waals surface area contributed by atoms with Gasteiger partial charge in [0.2, 0.25) is 0 Å². The van der Waals surface area contributed by atoms with E-state index in [1.807, 2.05) is 18.4 Å². The topological polar surface area (TPSA) is 80.6 Å². The Morgan fingerprint density at radius 1 is 0.524 bits per heavy atom. The van der Waals surface area contributed by atoms with E-state index < -0.39 is 174 Å². The molecule has 4 heterocycles. The molecule has 63 heavy (non-hydrogen) atoms. The second kappa shape index (κ2) is 19.2. The predicted octanol–water partition coefficient (Wildman–Crippen LogP) is 7.07. The van der Waals surface area contributed by atoms with Crippen LogP contribution in [0, 0.1) is 99.1 Å². The molecule has 0 radical (unpaired) electrons. The summed E-state index contributed by atoms with van der Waals surface area (Å²) in [6.45, 7) is 1.06. The van der Waals surface area contributed by atoms with Crippen molar-refractivity contribution in [2.75, 3.05) is 32.7 Å². The summed E-state index contributed by atoms with van der Waals surface area (Å²) in [5, 5.41) is 13.9. The number of nitrogens with one attached hydrogen (secondary N) is 4. The summed E-state index contributed by atoms with van der Waals surface area (Å²) in [4.78, 5) is -5.77. The number of hydrogen-bond acceptors (Lipinski definition) is 10. The predicted molar refractivity (Wildman–Crippen MR) is 209 cm³/mol. The van der Waals surface area contributed by atoms with E-state index in [1.54, 1.807) is 0 Å². The maximum absolute atomic E-state index is 15.7. The molecule has 0 aliphatic carbocycles. The fourth-order valence-corrected chi connectivity index (χ4v) is 56.3. The third kappa shape index (κ3) is 9.38. The Kier molecular flexibility index (Phi) is 15.1. The molecule has 0 spiro atoms. The molecule has 27 heteroatoms. The summed E-state index contributed by atoms with van der Waals surface area (Å²) in [6.07, 6.45) is 6.06. The van der Waals surface area contributed by atoms with Gasteiger partial charge in [0.05, 0.1) is 0 Å². The van der Waals surface area contributed by atoms with Crippen molar-refractivity contribution in [2.24, 2.45) is 15.5 Å². The average molecular weight is 1360 g/mol. The van der Waals surface area contributed by atoms with Gasteiger partial charge in [-0.05, 0) is 0 Å². The Morgan fingerprint density at radius 2 is 0.873 bits per heavy atom. The summed E-state index contributed by atoms with van der Waals surface area (Å²) in [5.41, 5.74) is 0.906. The van der Waals surface area contributed by atoms with Crippen LogP contribution in [0.4, 0.5) is 65.9 Å². The van der Waals surface area contributed by atoms with Crippen molar-refractivity contribution in [1.29, 1.82) is 0 Å². The van der Waals surface area contributed by atoms with E-state index in [9.17, 15) is 39.5 Å². The quantitative estimate of drug-likeness (QED) is 0.0631. The van der Waals surface area contributed by atoms with E-state index in [0.717, 1.165) is 34.3 Å².